The number of nitrogens with zero attached hydrogens (tertiary/aromatic N) is 2. The highest BCUT2D eigenvalue weighted by atomic mass is 16.4. The lowest BCUT2D eigenvalue weighted by Gasteiger charge is -2.32. The van der Waals surface area contributed by atoms with Crippen molar-refractivity contribution < 1.29 is 14.7 Å². The van der Waals surface area contributed by atoms with E-state index in [0.29, 0.717) is 19.5 Å². The smallest absolute Gasteiger partial charge is 0.303 e. The fourth-order valence-electron chi connectivity index (χ4n) is 2.87. The van der Waals surface area contributed by atoms with Gasteiger partial charge in [0, 0.05) is 44.5 Å². The van der Waals surface area contributed by atoms with Gasteiger partial charge in [0.25, 0.3) is 5.91 Å². The molecule has 0 radical (unpaired) electrons. The summed E-state index contributed by atoms with van der Waals surface area (Å²) in [5.74, 6) is -0.862. The van der Waals surface area contributed by atoms with Crippen LogP contribution in [0.1, 0.15) is 41.7 Å². The Hall–Kier alpha value is -2.11. The van der Waals surface area contributed by atoms with E-state index in [1.165, 1.54) is 6.07 Å². The average molecular weight is 306 g/mol. The molecule has 1 N–H and O–H groups in total. The molecular weight excluding hydrogens is 284 g/mol. The van der Waals surface area contributed by atoms with Gasteiger partial charge < -0.3 is 14.6 Å². The van der Waals surface area contributed by atoms with Gasteiger partial charge in [0.2, 0.25) is 0 Å². The number of aromatic nitrogens is 1. The van der Waals surface area contributed by atoms with Crippen LogP contribution in [0.5, 0.6) is 0 Å². The molecule has 0 aromatic carbocycles. The van der Waals surface area contributed by atoms with Crippen LogP contribution in [0.2, 0.25) is 0 Å². The van der Waals surface area contributed by atoms with Gasteiger partial charge in [0.05, 0.1) is 0 Å². The molecule has 0 aliphatic carbocycles. The number of rotatable bonds is 4. The van der Waals surface area contributed by atoms with E-state index < -0.39 is 5.97 Å². The fraction of sp³-hybridized carbons (Fsp3) is 0.562. The first-order valence-electron chi connectivity index (χ1n) is 7.57. The molecule has 0 bridgehead atoms. The topological polar surface area (TPSA) is 79.6 Å². The molecule has 1 aromatic rings. The first-order valence-corrected chi connectivity index (χ1v) is 7.57. The third-order valence-electron chi connectivity index (χ3n) is 4.29. The normalized spacial score (nSPS) is 18.3. The molecule has 0 unspecified atom stereocenters. The number of hydrogen-bond acceptors (Lipinski definition) is 3. The Bertz CT molecular complexity index is 636. The first kappa shape index (κ1) is 16.3. The highest BCUT2D eigenvalue weighted by Gasteiger charge is 2.26. The quantitative estimate of drug-likeness (QED) is 0.912. The molecule has 6 nitrogen and oxygen atoms in total. The molecule has 1 saturated heterocycles. The van der Waals surface area contributed by atoms with Crippen LogP contribution in [0.25, 0.3) is 0 Å². The number of amides is 1. The third-order valence-corrected chi connectivity index (χ3v) is 4.29. The van der Waals surface area contributed by atoms with Crippen LogP contribution in [-0.2, 0) is 11.8 Å². The van der Waals surface area contributed by atoms with Gasteiger partial charge in [-0.1, -0.05) is 0 Å². The summed E-state index contributed by atoms with van der Waals surface area (Å²) >= 11 is 0. The van der Waals surface area contributed by atoms with E-state index in [9.17, 15) is 14.4 Å². The number of likely N-dealkylation sites (tertiary alicyclic amines) is 1. The maximum Gasteiger partial charge on any atom is 0.303 e. The van der Waals surface area contributed by atoms with Gasteiger partial charge in [0.1, 0.15) is 5.56 Å². The molecule has 1 aliphatic rings. The Morgan fingerprint density at radius 3 is 2.82 bits per heavy atom. The van der Waals surface area contributed by atoms with Gasteiger partial charge in [-0.3, -0.25) is 14.4 Å². The second kappa shape index (κ2) is 6.77. The average Bonchev–Trinajstić information content (AvgIpc) is 2.48. The van der Waals surface area contributed by atoms with Crippen LogP contribution in [0.15, 0.2) is 17.1 Å². The standard InChI is InChI=1S/C16H22N2O4/c1-11-8-14(19)13(10-17(11)2)16(22)18-7-3-4-12(9-18)5-6-15(20)21/h8,10,12H,3-7,9H2,1-2H3,(H,20,21)/t12-/m1/s1. The minimum absolute atomic E-state index is 0.124. The summed E-state index contributed by atoms with van der Waals surface area (Å²) in [4.78, 5) is 36.9. The molecule has 1 aromatic heterocycles. The summed E-state index contributed by atoms with van der Waals surface area (Å²) in [6.45, 7) is 2.97. The zero-order valence-electron chi connectivity index (χ0n) is 13.0. The number of aryl methyl sites for hydroxylation is 2. The number of pyridine rings is 1. The predicted molar refractivity (Wildman–Crippen MR) is 81.9 cm³/mol. The zero-order chi connectivity index (χ0) is 16.3. The van der Waals surface area contributed by atoms with E-state index in [2.05, 4.69) is 0 Å². The van der Waals surface area contributed by atoms with Crippen molar-refractivity contribution in [3.05, 3.63) is 33.7 Å². The number of aliphatic carboxylic acids is 1. The molecule has 0 spiro atoms. The number of carboxylic acids is 1. The maximum atomic E-state index is 12.6. The number of hydrogen-bond donors (Lipinski definition) is 1. The molecular formula is C16H22N2O4. The molecule has 0 saturated carbocycles. The Kier molecular flexibility index (Phi) is 5.00. The lowest BCUT2D eigenvalue weighted by Crippen LogP contribution is -2.42. The summed E-state index contributed by atoms with van der Waals surface area (Å²) in [6, 6.07) is 1.47. The van der Waals surface area contributed by atoms with Crippen molar-refractivity contribution in [2.45, 2.75) is 32.6 Å². The minimum atomic E-state index is -0.809. The molecule has 2 heterocycles. The van der Waals surface area contributed by atoms with Crippen molar-refractivity contribution in [2.24, 2.45) is 13.0 Å². The maximum absolute atomic E-state index is 12.6. The minimum Gasteiger partial charge on any atom is -0.481 e. The van der Waals surface area contributed by atoms with Gasteiger partial charge in [-0.25, -0.2) is 0 Å². The molecule has 1 amide bonds. The number of carboxylic acid groups (broad SMARTS) is 1. The highest BCUT2D eigenvalue weighted by Crippen LogP contribution is 2.22. The van der Waals surface area contributed by atoms with Crippen LogP contribution >= 0.6 is 0 Å². The van der Waals surface area contributed by atoms with Crippen LogP contribution in [-0.4, -0.2) is 39.5 Å². The molecule has 1 aliphatic heterocycles. The van der Waals surface area contributed by atoms with Gasteiger partial charge in [-0.15, -0.1) is 0 Å². The molecule has 120 valence electrons. The van der Waals surface area contributed by atoms with E-state index in [-0.39, 0.29) is 29.2 Å². The first-order chi connectivity index (χ1) is 10.4. The fourth-order valence-corrected chi connectivity index (χ4v) is 2.87. The van der Waals surface area contributed by atoms with Crippen molar-refractivity contribution >= 4 is 11.9 Å². The highest BCUT2D eigenvalue weighted by molar-refractivity contribution is 5.94. The van der Waals surface area contributed by atoms with E-state index in [4.69, 9.17) is 5.11 Å². The van der Waals surface area contributed by atoms with Crippen molar-refractivity contribution in [3.63, 3.8) is 0 Å². The van der Waals surface area contributed by atoms with Crippen molar-refractivity contribution in [2.75, 3.05) is 13.1 Å². The van der Waals surface area contributed by atoms with Crippen LogP contribution in [0.4, 0.5) is 0 Å². The lowest BCUT2D eigenvalue weighted by atomic mass is 9.93. The van der Waals surface area contributed by atoms with Gasteiger partial charge in [0.15, 0.2) is 5.43 Å². The van der Waals surface area contributed by atoms with Crippen molar-refractivity contribution in [1.82, 2.24) is 9.47 Å². The van der Waals surface area contributed by atoms with Gasteiger partial charge in [-0.2, -0.15) is 0 Å². The molecule has 6 heteroatoms. The van der Waals surface area contributed by atoms with E-state index in [1.807, 2.05) is 6.92 Å². The zero-order valence-corrected chi connectivity index (χ0v) is 13.0. The monoisotopic (exact) mass is 306 g/mol. The summed E-state index contributed by atoms with van der Waals surface area (Å²) in [6.07, 6.45) is 4.07. The SMILES string of the molecule is Cc1cc(=O)c(C(=O)N2CCC[C@H](CCC(=O)O)C2)cn1C. The predicted octanol–water partition coefficient (Wildman–Crippen LogP) is 1.41. The van der Waals surface area contributed by atoms with E-state index >= 15 is 0 Å². The summed E-state index contributed by atoms with van der Waals surface area (Å²) in [5, 5.41) is 8.77. The van der Waals surface area contributed by atoms with Crippen LogP contribution in [0, 0.1) is 12.8 Å². The lowest BCUT2D eigenvalue weighted by molar-refractivity contribution is -0.137. The number of piperidine rings is 1. The Labute approximate surface area is 129 Å². The Morgan fingerprint density at radius 2 is 2.14 bits per heavy atom. The molecule has 1 atom stereocenters. The molecule has 22 heavy (non-hydrogen) atoms. The third kappa shape index (κ3) is 3.75. The van der Waals surface area contributed by atoms with Crippen molar-refractivity contribution in [1.29, 1.82) is 0 Å². The summed E-state index contributed by atoms with van der Waals surface area (Å²) < 4.78 is 1.76. The summed E-state index contributed by atoms with van der Waals surface area (Å²) in [5.41, 5.74) is 0.736. The van der Waals surface area contributed by atoms with Gasteiger partial charge in [-0.05, 0) is 32.1 Å². The number of carbonyl (C=O) groups excluding carboxylic acids is 1. The van der Waals surface area contributed by atoms with Gasteiger partial charge >= 0.3 is 5.97 Å². The summed E-state index contributed by atoms with van der Waals surface area (Å²) in [7, 11) is 1.80. The van der Waals surface area contributed by atoms with E-state index in [1.54, 1.807) is 22.7 Å². The Morgan fingerprint density at radius 1 is 1.41 bits per heavy atom. The van der Waals surface area contributed by atoms with Crippen LogP contribution < -0.4 is 5.43 Å². The number of carbonyl (C=O) groups is 2. The van der Waals surface area contributed by atoms with Crippen LogP contribution in [0.3, 0.4) is 0 Å². The van der Waals surface area contributed by atoms with Crippen molar-refractivity contribution in [3.8, 4) is 0 Å². The Balaban J connectivity index is 2.10. The molecule has 2 rings (SSSR count). The van der Waals surface area contributed by atoms with E-state index in [0.717, 1.165) is 18.5 Å². The second-order valence-electron chi connectivity index (χ2n) is 6.00. The molecule has 1 fully saturated rings. The largest absolute Gasteiger partial charge is 0.481 e. The second-order valence-corrected chi connectivity index (χ2v) is 6.00.